The number of rotatable bonds is 3. The molecule has 0 aromatic heterocycles. The van der Waals surface area contributed by atoms with E-state index in [0.29, 0.717) is 0 Å². The Hall–Kier alpha value is -0.820. The topological polar surface area (TPSA) is 12.0 Å². The van der Waals surface area contributed by atoms with Crippen molar-refractivity contribution in [2.24, 2.45) is 5.92 Å². The van der Waals surface area contributed by atoms with E-state index in [1.807, 2.05) is 0 Å². The summed E-state index contributed by atoms with van der Waals surface area (Å²) in [6, 6.07) is 10.7. The number of benzene rings is 1. The molecule has 1 atom stereocenters. The fourth-order valence-corrected chi connectivity index (χ4v) is 1.80. The second-order valence-corrected chi connectivity index (χ2v) is 3.68. The minimum Gasteiger partial charge on any atom is -0.316 e. The molecule has 1 heterocycles. The van der Waals surface area contributed by atoms with Crippen molar-refractivity contribution in [2.45, 2.75) is 12.8 Å². The summed E-state index contributed by atoms with van der Waals surface area (Å²) >= 11 is 0. The molecule has 69 valence electrons. The molecule has 1 N–H and O–H groups in total. The van der Waals surface area contributed by atoms with Crippen LogP contribution in [0.3, 0.4) is 0 Å². The van der Waals surface area contributed by atoms with Crippen molar-refractivity contribution in [1.29, 1.82) is 0 Å². The molecule has 1 aliphatic heterocycles. The highest BCUT2D eigenvalue weighted by atomic mass is 14.9. The third-order valence-electron chi connectivity index (χ3n) is 2.63. The first-order valence-electron chi connectivity index (χ1n) is 5.03. The van der Waals surface area contributed by atoms with E-state index < -0.39 is 0 Å². The Balaban J connectivity index is 1.79. The Kier molecular flexibility index (Phi) is 2.98. The monoisotopic (exact) mass is 174 g/mol. The van der Waals surface area contributed by atoms with Gasteiger partial charge in [-0.25, -0.2) is 0 Å². The predicted octanol–water partition coefficient (Wildman–Crippen LogP) is 2.04. The number of hydrogen-bond acceptors (Lipinski definition) is 1. The number of nitrogens with one attached hydrogen (secondary N) is 1. The van der Waals surface area contributed by atoms with E-state index in [9.17, 15) is 0 Å². The van der Waals surface area contributed by atoms with Crippen LogP contribution in [0.15, 0.2) is 30.3 Å². The van der Waals surface area contributed by atoms with Crippen molar-refractivity contribution >= 4 is 0 Å². The fourth-order valence-electron chi connectivity index (χ4n) is 1.80. The van der Waals surface area contributed by atoms with Crippen LogP contribution in [0.1, 0.15) is 12.0 Å². The normalized spacial score (nSPS) is 22.0. The van der Waals surface area contributed by atoms with Crippen LogP contribution in [0.4, 0.5) is 0 Å². The molecular formula is C12H16N. The molecule has 1 aromatic rings. The Morgan fingerprint density at radius 2 is 2.15 bits per heavy atom. The molecule has 0 spiro atoms. The van der Waals surface area contributed by atoms with E-state index in [1.54, 1.807) is 0 Å². The van der Waals surface area contributed by atoms with Crippen molar-refractivity contribution in [3.63, 3.8) is 0 Å². The number of hydrogen-bond donors (Lipinski definition) is 1. The molecule has 1 saturated heterocycles. The average Bonchev–Trinajstić information content (AvgIpc) is 2.69. The predicted molar refractivity (Wildman–Crippen MR) is 55.4 cm³/mol. The minimum absolute atomic E-state index is 0.792. The van der Waals surface area contributed by atoms with Crippen LogP contribution in [0.25, 0.3) is 0 Å². The smallest absolute Gasteiger partial charge is 0.00172 e. The van der Waals surface area contributed by atoms with E-state index >= 15 is 0 Å². The van der Waals surface area contributed by atoms with Gasteiger partial charge in [0, 0.05) is 0 Å². The van der Waals surface area contributed by atoms with Gasteiger partial charge in [-0.1, -0.05) is 30.3 Å². The van der Waals surface area contributed by atoms with Crippen LogP contribution in [-0.2, 0) is 6.42 Å². The largest absolute Gasteiger partial charge is 0.316 e. The Bertz CT molecular complexity index is 237. The summed E-state index contributed by atoms with van der Waals surface area (Å²) in [6.45, 7) is 2.36. The molecule has 1 aliphatic rings. The summed E-state index contributed by atoms with van der Waals surface area (Å²) in [7, 11) is 0. The van der Waals surface area contributed by atoms with Gasteiger partial charge in [0.25, 0.3) is 0 Å². The van der Waals surface area contributed by atoms with Crippen LogP contribution < -0.4 is 5.32 Å². The molecule has 1 radical (unpaired) electrons. The van der Waals surface area contributed by atoms with Crippen molar-refractivity contribution in [2.75, 3.05) is 13.1 Å². The average molecular weight is 174 g/mol. The first-order chi connectivity index (χ1) is 6.45. The quantitative estimate of drug-likeness (QED) is 0.739. The highest BCUT2D eigenvalue weighted by molar-refractivity contribution is 5.16. The van der Waals surface area contributed by atoms with Crippen LogP contribution in [-0.4, -0.2) is 13.1 Å². The summed E-state index contributed by atoms with van der Waals surface area (Å²) in [6.07, 6.45) is 4.87. The van der Waals surface area contributed by atoms with Crippen molar-refractivity contribution in [3.05, 3.63) is 42.3 Å². The van der Waals surface area contributed by atoms with E-state index in [0.717, 1.165) is 12.3 Å². The van der Waals surface area contributed by atoms with Gasteiger partial charge in [-0.05, 0) is 43.8 Å². The van der Waals surface area contributed by atoms with Crippen molar-refractivity contribution in [1.82, 2.24) is 5.32 Å². The zero-order valence-electron chi connectivity index (χ0n) is 7.87. The van der Waals surface area contributed by atoms with Crippen LogP contribution in [0.2, 0.25) is 0 Å². The summed E-state index contributed by atoms with van der Waals surface area (Å²) in [5.41, 5.74) is 1.43. The van der Waals surface area contributed by atoms with Gasteiger partial charge >= 0.3 is 0 Å². The fraction of sp³-hybridized carbons (Fsp3) is 0.417. The maximum Gasteiger partial charge on any atom is -0.00172 e. The standard InChI is InChI=1S/C12H16N/c1-2-4-11(5-3-1)6-7-12-8-9-13-10-12/h1-5,7,12-13H,6,8-10H2. The molecule has 0 saturated carbocycles. The Labute approximate surface area is 80.2 Å². The highest BCUT2D eigenvalue weighted by Gasteiger charge is 2.13. The lowest BCUT2D eigenvalue weighted by molar-refractivity contribution is 0.654. The molecule has 1 fully saturated rings. The lowest BCUT2D eigenvalue weighted by Crippen LogP contribution is -2.09. The lowest BCUT2D eigenvalue weighted by Gasteiger charge is -2.06. The van der Waals surface area contributed by atoms with E-state index in [2.05, 4.69) is 42.1 Å². The third kappa shape index (κ3) is 2.56. The van der Waals surface area contributed by atoms with E-state index in [-0.39, 0.29) is 0 Å². The molecule has 1 nitrogen and oxygen atoms in total. The second kappa shape index (κ2) is 4.43. The molecule has 1 heteroatoms. The second-order valence-electron chi connectivity index (χ2n) is 3.68. The van der Waals surface area contributed by atoms with Crippen LogP contribution in [0, 0.1) is 12.3 Å². The third-order valence-corrected chi connectivity index (χ3v) is 2.63. The highest BCUT2D eigenvalue weighted by Crippen LogP contribution is 2.14. The first kappa shape index (κ1) is 8.76. The van der Waals surface area contributed by atoms with Gasteiger partial charge in [0.05, 0.1) is 0 Å². The molecule has 1 aromatic carbocycles. The van der Waals surface area contributed by atoms with Crippen LogP contribution in [0.5, 0.6) is 0 Å². The Morgan fingerprint density at radius 3 is 2.85 bits per heavy atom. The van der Waals surface area contributed by atoms with E-state index in [4.69, 9.17) is 0 Å². The van der Waals surface area contributed by atoms with E-state index in [1.165, 1.54) is 25.1 Å². The zero-order valence-corrected chi connectivity index (χ0v) is 7.87. The Morgan fingerprint density at radius 1 is 1.31 bits per heavy atom. The van der Waals surface area contributed by atoms with Gasteiger partial charge in [0.2, 0.25) is 0 Å². The van der Waals surface area contributed by atoms with Gasteiger partial charge in [0.1, 0.15) is 0 Å². The lowest BCUT2D eigenvalue weighted by atomic mass is 9.99. The molecule has 1 unspecified atom stereocenters. The molecular weight excluding hydrogens is 158 g/mol. The minimum atomic E-state index is 0.792. The van der Waals surface area contributed by atoms with Gasteiger partial charge < -0.3 is 5.32 Å². The van der Waals surface area contributed by atoms with Gasteiger partial charge in [0.15, 0.2) is 0 Å². The summed E-state index contributed by atoms with van der Waals surface area (Å²) in [4.78, 5) is 0. The first-order valence-corrected chi connectivity index (χ1v) is 5.03. The van der Waals surface area contributed by atoms with Gasteiger partial charge in [-0.15, -0.1) is 0 Å². The summed E-state index contributed by atoms with van der Waals surface area (Å²) < 4.78 is 0. The van der Waals surface area contributed by atoms with Crippen molar-refractivity contribution < 1.29 is 0 Å². The maximum absolute atomic E-state index is 3.38. The molecule has 0 bridgehead atoms. The van der Waals surface area contributed by atoms with Crippen molar-refractivity contribution in [3.8, 4) is 0 Å². The molecule has 0 amide bonds. The van der Waals surface area contributed by atoms with Crippen LogP contribution >= 0.6 is 0 Å². The molecule has 13 heavy (non-hydrogen) atoms. The van der Waals surface area contributed by atoms with Gasteiger partial charge in [-0.3, -0.25) is 0 Å². The summed E-state index contributed by atoms with van der Waals surface area (Å²) in [5.74, 6) is 0.792. The molecule has 2 rings (SSSR count). The summed E-state index contributed by atoms with van der Waals surface area (Å²) in [5, 5.41) is 3.38. The SMILES string of the molecule is [CH](Cc1ccccc1)C1CCNC1. The molecule has 0 aliphatic carbocycles. The zero-order chi connectivity index (χ0) is 8.93. The maximum atomic E-state index is 3.38. The van der Waals surface area contributed by atoms with Gasteiger partial charge in [-0.2, -0.15) is 0 Å².